The molecule has 12 rings (SSSR count). The molecule has 0 spiro atoms. The minimum Gasteiger partial charge on any atom is -0.618 e. The Balaban J connectivity index is 0.000000223. The monoisotopic (exact) mass is 1620 g/mol. The van der Waals surface area contributed by atoms with Crippen LogP contribution in [0.25, 0.3) is 0 Å². The predicted molar refractivity (Wildman–Crippen MR) is 490 cm³/mol. The molecule has 16 heteroatoms. The lowest BCUT2D eigenvalue weighted by Crippen LogP contribution is -2.35. The van der Waals surface area contributed by atoms with E-state index in [1.807, 2.05) is 100 Å². The Kier molecular flexibility index (Phi) is 35.7. The topological polar surface area (TPSA) is 187 Å². The zero-order chi connectivity index (χ0) is 87.6. The summed E-state index contributed by atoms with van der Waals surface area (Å²) in [6.07, 6.45) is 11.8. The summed E-state index contributed by atoms with van der Waals surface area (Å²) in [5.74, 6) is 5.31. The second kappa shape index (κ2) is 44.0. The van der Waals surface area contributed by atoms with Crippen molar-refractivity contribution in [2.75, 3.05) is 0 Å². The van der Waals surface area contributed by atoms with Crippen LogP contribution in [0.4, 0.5) is 0 Å². The van der Waals surface area contributed by atoms with Crippen LogP contribution in [0.2, 0.25) is 0 Å². The third kappa shape index (κ3) is 31.6. The van der Waals surface area contributed by atoms with E-state index in [0.29, 0.717) is 43.5 Å². The average molecular weight is 1620 g/mol. The van der Waals surface area contributed by atoms with Crippen molar-refractivity contribution in [1.29, 1.82) is 0 Å². The molecule has 6 heterocycles. The first-order chi connectivity index (χ1) is 55.8. The van der Waals surface area contributed by atoms with Crippen LogP contribution >= 0.6 is 0 Å². The number of benzene rings is 6. The van der Waals surface area contributed by atoms with Crippen molar-refractivity contribution in [3.05, 3.63) is 354 Å². The van der Waals surface area contributed by atoms with Crippen molar-refractivity contribution >= 4 is 0 Å². The molecule has 0 amide bonds. The van der Waals surface area contributed by atoms with Gasteiger partial charge in [0.2, 0.25) is 11.4 Å². The summed E-state index contributed by atoms with van der Waals surface area (Å²) in [6, 6.07) is 60.6. The van der Waals surface area contributed by atoms with Gasteiger partial charge in [-0.15, -0.1) is 0 Å². The van der Waals surface area contributed by atoms with Gasteiger partial charge < -0.3 is 38.8 Å². The molecular weight excluding hydrogens is 1490 g/mol. The summed E-state index contributed by atoms with van der Waals surface area (Å²) >= 11 is 0. The van der Waals surface area contributed by atoms with Crippen molar-refractivity contribution < 1.29 is 37.9 Å². The number of pyridine rings is 4. The lowest BCUT2D eigenvalue weighted by molar-refractivity contribution is -0.622. The minimum atomic E-state index is 0. The second-order valence-corrected chi connectivity index (χ2v) is 36.5. The Morgan fingerprint density at radius 2 is 0.608 bits per heavy atom. The maximum Gasteiger partial charge on any atom is 0.230 e. The van der Waals surface area contributed by atoms with Crippen LogP contribution in [0.5, 0.6) is 34.5 Å². The highest BCUT2D eigenvalue weighted by Gasteiger charge is 2.22. The number of rotatable bonds is 18. The van der Waals surface area contributed by atoms with Crippen LogP contribution in [0.3, 0.4) is 0 Å². The van der Waals surface area contributed by atoms with E-state index < -0.39 is 0 Å². The first kappa shape index (κ1) is 97.3. The van der Waals surface area contributed by atoms with Gasteiger partial charge in [-0.2, -0.15) is 9.46 Å². The van der Waals surface area contributed by atoms with Crippen molar-refractivity contribution in [3.8, 4) is 34.5 Å². The molecule has 0 bridgehead atoms. The Hall–Kier alpha value is -11.5. The SMILES string of the molecule is C.Cc1cc(C(C)(C)C)ccc1OCc1cccc(C)[n+]1[O-].Cc1cc(C(C)(C)C)ccc1OCc1cccc[n+]1[O-].Cc1cc(C(C)(C)C)ccc1OCc1ccccn1.Cc1cc(C(C)(C)C)ccc1OCc1cnccn1.Cc1cccc(COc2ccc(C(C)(C)C)cc2C)n1.Cc1cncc(COc2ccc(C(C)(C)C)cc2C)n1. The lowest BCUT2D eigenvalue weighted by Gasteiger charge is -2.20. The van der Waals surface area contributed by atoms with E-state index in [9.17, 15) is 10.4 Å². The zero-order valence-corrected chi connectivity index (χ0v) is 75.9. The smallest absolute Gasteiger partial charge is 0.230 e. The van der Waals surface area contributed by atoms with Crippen molar-refractivity contribution in [2.45, 2.75) is 266 Å². The van der Waals surface area contributed by atoms with Crippen LogP contribution in [0.15, 0.2) is 225 Å². The fraction of sp³-hybridized carbons (Fsp3) is 0.385. The molecule has 16 nitrogen and oxygen atoms in total. The first-order valence-electron chi connectivity index (χ1n) is 41.0. The molecule has 0 N–H and O–H groups in total. The largest absolute Gasteiger partial charge is 0.618 e. The van der Waals surface area contributed by atoms with Gasteiger partial charge in [0.1, 0.15) is 60.9 Å². The molecule has 0 radical (unpaired) electrons. The quantitative estimate of drug-likeness (QED) is 0.0583. The zero-order valence-electron chi connectivity index (χ0n) is 75.9. The Morgan fingerprint density at radius 3 is 0.958 bits per heavy atom. The third-order valence-corrected chi connectivity index (χ3v) is 19.7. The maximum atomic E-state index is 11.9. The van der Waals surface area contributed by atoms with E-state index in [2.05, 4.69) is 267 Å². The van der Waals surface area contributed by atoms with Crippen LogP contribution in [0, 0.1) is 72.7 Å². The number of ether oxygens (including phenoxy) is 6. The van der Waals surface area contributed by atoms with Crippen LogP contribution in [0.1, 0.15) is 250 Å². The van der Waals surface area contributed by atoms with Gasteiger partial charge in [-0.25, -0.2) is 0 Å². The standard InChI is InChI=1S/C18H23NO2.C18H23NO.C17H22N2O.C17H21NO2.C17H21NO.C16H20N2O.CH4/c1-13-11-15(18(3,4)5)9-10-17(13)21-12-16-8-6-7-14(2)19(16)20;1-13-11-15(18(3,4)5)9-10-17(13)20-12-16-8-6-7-14(2)19-16;1-12-8-14(17(3,4)5)6-7-16(12)20-11-15-10-18-9-13(2)19-15;1-13-11-14(17(2,3)4)8-9-16(13)20-12-15-7-5-6-10-18(15)19;1-13-11-14(17(2,3)4)8-9-16(13)19-12-15-7-5-6-10-18-15;1-12-9-13(16(2,3)4)5-6-15(12)19-11-14-10-17-7-8-18-14;/h6-11H,12H2,1-5H3;6-11H,12H2,1-5H3;6-10H,11H2,1-5H3;5-11H,12H2,1-4H3;5-11H,12H2,1-4H3;5-10H,11H2,1-4H3;1H4. The fourth-order valence-corrected chi connectivity index (χ4v) is 12.1. The summed E-state index contributed by atoms with van der Waals surface area (Å²) in [6.45, 7) is 60.3. The van der Waals surface area contributed by atoms with Gasteiger partial charge in [0.15, 0.2) is 25.1 Å². The molecule has 120 heavy (non-hydrogen) atoms. The average Bonchev–Trinajstić information content (AvgIpc) is 0.851. The number of aromatic nitrogens is 8. The molecule has 0 saturated heterocycles. The number of hydrogen-bond acceptors (Lipinski definition) is 14. The van der Waals surface area contributed by atoms with Gasteiger partial charge in [-0.1, -0.05) is 217 Å². The van der Waals surface area contributed by atoms with Gasteiger partial charge in [0.05, 0.1) is 40.9 Å². The molecule has 0 aliphatic carbocycles. The molecule has 0 fully saturated rings. The minimum absolute atomic E-state index is 0. The Labute approximate surface area is 718 Å². The van der Waals surface area contributed by atoms with Gasteiger partial charge in [0.25, 0.3) is 0 Å². The van der Waals surface area contributed by atoms with Crippen LogP contribution in [-0.2, 0) is 72.1 Å². The lowest BCUT2D eigenvalue weighted by atomic mass is 9.86. The van der Waals surface area contributed by atoms with E-state index in [1.165, 1.54) is 50.7 Å². The summed E-state index contributed by atoms with van der Waals surface area (Å²) in [5, 5.41) is 23.4. The molecular formula is C104H134N8O8. The van der Waals surface area contributed by atoms with E-state index in [1.54, 1.807) is 68.4 Å². The third-order valence-electron chi connectivity index (χ3n) is 19.7. The normalized spacial score (nSPS) is 11.3. The van der Waals surface area contributed by atoms with Crippen molar-refractivity contribution in [1.82, 2.24) is 29.9 Å². The number of aryl methyl sites for hydroxylation is 9. The highest BCUT2D eigenvalue weighted by atomic mass is 16.5. The molecule has 0 aliphatic heterocycles. The molecule has 638 valence electrons. The maximum absolute atomic E-state index is 11.9. The van der Waals surface area contributed by atoms with Gasteiger partial charge in [-0.3, -0.25) is 29.9 Å². The fourth-order valence-electron chi connectivity index (χ4n) is 12.1. The first-order valence-corrected chi connectivity index (χ1v) is 41.0. The molecule has 0 atom stereocenters. The number of nitrogens with zero attached hydrogens (tertiary/aromatic N) is 8. The molecule has 0 aliphatic rings. The molecule has 12 aromatic rings. The van der Waals surface area contributed by atoms with Crippen molar-refractivity contribution in [3.63, 3.8) is 0 Å². The van der Waals surface area contributed by atoms with E-state index in [-0.39, 0.29) is 53.1 Å². The second-order valence-electron chi connectivity index (χ2n) is 36.5. The summed E-state index contributed by atoms with van der Waals surface area (Å²) in [5.41, 5.74) is 23.0. The number of hydrogen-bond donors (Lipinski definition) is 0. The Bertz CT molecular complexity index is 4990. The highest BCUT2D eigenvalue weighted by molar-refractivity contribution is 5.44. The molecule has 6 aromatic carbocycles. The van der Waals surface area contributed by atoms with E-state index >= 15 is 0 Å². The van der Waals surface area contributed by atoms with Gasteiger partial charge >= 0.3 is 0 Å². The van der Waals surface area contributed by atoms with Gasteiger partial charge in [-0.05, 0) is 227 Å². The van der Waals surface area contributed by atoms with Crippen molar-refractivity contribution in [2.24, 2.45) is 0 Å². The summed E-state index contributed by atoms with van der Waals surface area (Å²) < 4.78 is 36.6. The van der Waals surface area contributed by atoms with E-state index in [0.717, 1.165) is 100 Å². The molecule has 0 saturated carbocycles. The Morgan fingerprint density at radius 1 is 0.283 bits per heavy atom. The molecule has 6 aromatic heterocycles. The van der Waals surface area contributed by atoms with Gasteiger partial charge in [0, 0.05) is 61.7 Å². The molecule has 0 unspecified atom stereocenters. The summed E-state index contributed by atoms with van der Waals surface area (Å²) in [7, 11) is 0. The van der Waals surface area contributed by atoms with Crippen LogP contribution < -0.4 is 37.9 Å². The van der Waals surface area contributed by atoms with Crippen LogP contribution in [-0.4, -0.2) is 29.9 Å². The van der Waals surface area contributed by atoms with E-state index in [4.69, 9.17) is 28.4 Å². The summed E-state index contributed by atoms with van der Waals surface area (Å²) in [4.78, 5) is 25.4. The predicted octanol–water partition coefficient (Wildman–Crippen LogP) is 24.4. The highest BCUT2D eigenvalue weighted by Crippen LogP contribution is 2.34.